The van der Waals surface area contributed by atoms with Crippen LogP contribution in [-0.4, -0.2) is 35.9 Å². The first kappa shape index (κ1) is 13.5. The number of carboxylic acids is 1. The summed E-state index contributed by atoms with van der Waals surface area (Å²) >= 11 is 0. The molecule has 94 valence electrons. The lowest BCUT2D eigenvalue weighted by Gasteiger charge is -2.40. The van der Waals surface area contributed by atoms with Crippen LogP contribution in [0.4, 0.5) is 0 Å². The number of carboxylic acid groups (broad SMARTS) is 1. The van der Waals surface area contributed by atoms with Crippen molar-refractivity contribution in [2.24, 2.45) is 0 Å². The van der Waals surface area contributed by atoms with E-state index in [4.69, 9.17) is 9.84 Å². The van der Waals surface area contributed by atoms with E-state index in [0.29, 0.717) is 6.61 Å². The summed E-state index contributed by atoms with van der Waals surface area (Å²) in [5, 5.41) is 12.4. The smallest absolute Gasteiger partial charge is 0.305 e. The molecule has 0 aliphatic carbocycles. The zero-order valence-corrected chi connectivity index (χ0v) is 10.3. The van der Waals surface area contributed by atoms with Gasteiger partial charge in [0.05, 0.1) is 12.5 Å². The average molecular weight is 229 g/mol. The van der Waals surface area contributed by atoms with Crippen LogP contribution in [0.5, 0.6) is 0 Å². The van der Waals surface area contributed by atoms with Crippen LogP contribution >= 0.6 is 0 Å². The summed E-state index contributed by atoms with van der Waals surface area (Å²) in [5.74, 6) is -0.722. The molecule has 1 heterocycles. The highest BCUT2D eigenvalue weighted by molar-refractivity contribution is 5.68. The minimum absolute atomic E-state index is 0.201. The molecule has 0 spiro atoms. The first-order chi connectivity index (χ1) is 7.62. The molecule has 1 fully saturated rings. The number of carbonyl (C=O) groups is 1. The summed E-state index contributed by atoms with van der Waals surface area (Å²) in [6.07, 6.45) is 4.00. The van der Waals surface area contributed by atoms with Crippen LogP contribution < -0.4 is 5.32 Å². The Morgan fingerprint density at radius 3 is 2.88 bits per heavy atom. The van der Waals surface area contributed by atoms with Crippen molar-refractivity contribution in [3.63, 3.8) is 0 Å². The van der Waals surface area contributed by atoms with Crippen LogP contribution in [0.3, 0.4) is 0 Å². The molecular weight excluding hydrogens is 206 g/mol. The zero-order valence-electron chi connectivity index (χ0n) is 10.3. The lowest BCUT2D eigenvalue weighted by molar-refractivity contribution is -0.140. The van der Waals surface area contributed by atoms with E-state index < -0.39 is 5.97 Å². The Bertz CT molecular complexity index is 232. The molecule has 2 N–H and O–H groups in total. The third-order valence-electron chi connectivity index (χ3n) is 3.25. The van der Waals surface area contributed by atoms with E-state index in [2.05, 4.69) is 19.2 Å². The minimum atomic E-state index is -0.722. The normalized spacial score (nSPS) is 30.2. The first-order valence-corrected chi connectivity index (χ1v) is 6.20. The molecule has 0 aromatic carbocycles. The Kier molecular flexibility index (Phi) is 5.22. The molecule has 0 aromatic heterocycles. The zero-order chi connectivity index (χ0) is 12.0. The molecule has 1 rings (SSSR count). The van der Waals surface area contributed by atoms with Gasteiger partial charge in [0.25, 0.3) is 0 Å². The van der Waals surface area contributed by atoms with Gasteiger partial charge in [-0.15, -0.1) is 0 Å². The lowest BCUT2D eigenvalue weighted by Crippen LogP contribution is -2.53. The second-order valence-electron chi connectivity index (χ2n) is 4.63. The van der Waals surface area contributed by atoms with Crippen molar-refractivity contribution in [3.8, 4) is 0 Å². The first-order valence-electron chi connectivity index (χ1n) is 6.20. The van der Waals surface area contributed by atoms with Crippen LogP contribution in [0.2, 0.25) is 0 Å². The Hall–Kier alpha value is -0.610. The third kappa shape index (κ3) is 3.76. The van der Waals surface area contributed by atoms with Gasteiger partial charge in [-0.25, -0.2) is 0 Å². The van der Waals surface area contributed by atoms with E-state index in [1.807, 2.05) is 0 Å². The SMILES string of the molecule is CCCNC1(CC(=O)O)CCOC(CC)C1. The molecule has 2 unspecified atom stereocenters. The van der Waals surface area contributed by atoms with Crippen LogP contribution in [-0.2, 0) is 9.53 Å². The van der Waals surface area contributed by atoms with Crippen molar-refractivity contribution in [2.75, 3.05) is 13.2 Å². The Labute approximate surface area is 97.4 Å². The monoisotopic (exact) mass is 229 g/mol. The summed E-state index contributed by atoms with van der Waals surface area (Å²) in [6.45, 7) is 5.73. The number of nitrogens with one attached hydrogen (secondary N) is 1. The number of rotatable bonds is 6. The molecule has 0 radical (unpaired) electrons. The van der Waals surface area contributed by atoms with Crippen molar-refractivity contribution in [3.05, 3.63) is 0 Å². The summed E-state index contributed by atoms with van der Waals surface area (Å²) in [6, 6.07) is 0. The van der Waals surface area contributed by atoms with Crippen LogP contribution in [0, 0.1) is 0 Å². The van der Waals surface area contributed by atoms with Gasteiger partial charge in [-0.1, -0.05) is 13.8 Å². The quantitative estimate of drug-likeness (QED) is 0.729. The molecule has 2 atom stereocenters. The fraction of sp³-hybridized carbons (Fsp3) is 0.917. The fourth-order valence-electron chi connectivity index (χ4n) is 2.34. The summed E-state index contributed by atoms with van der Waals surface area (Å²) in [5.41, 5.74) is -0.249. The Morgan fingerprint density at radius 1 is 1.56 bits per heavy atom. The van der Waals surface area contributed by atoms with Crippen molar-refractivity contribution in [1.82, 2.24) is 5.32 Å². The Balaban J connectivity index is 2.64. The van der Waals surface area contributed by atoms with Crippen molar-refractivity contribution >= 4 is 5.97 Å². The second kappa shape index (κ2) is 6.21. The van der Waals surface area contributed by atoms with Gasteiger partial charge in [-0.2, -0.15) is 0 Å². The minimum Gasteiger partial charge on any atom is -0.481 e. The van der Waals surface area contributed by atoms with Crippen LogP contribution in [0.25, 0.3) is 0 Å². The Morgan fingerprint density at radius 2 is 2.31 bits per heavy atom. The summed E-state index contributed by atoms with van der Waals surface area (Å²) < 4.78 is 5.61. The van der Waals surface area contributed by atoms with E-state index >= 15 is 0 Å². The average Bonchev–Trinajstić information content (AvgIpc) is 2.26. The molecule has 1 aliphatic heterocycles. The van der Waals surface area contributed by atoms with E-state index in [1.165, 1.54) is 0 Å². The highest BCUT2D eigenvalue weighted by atomic mass is 16.5. The number of hydrogen-bond donors (Lipinski definition) is 2. The molecule has 1 saturated heterocycles. The van der Waals surface area contributed by atoms with Gasteiger partial charge >= 0.3 is 5.97 Å². The number of hydrogen-bond acceptors (Lipinski definition) is 3. The molecule has 4 heteroatoms. The second-order valence-corrected chi connectivity index (χ2v) is 4.63. The van der Waals surface area contributed by atoms with E-state index in [-0.39, 0.29) is 18.1 Å². The molecule has 0 amide bonds. The molecule has 4 nitrogen and oxygen atoms in total. The topological polar surface area (TPSA) is 58.6 Å². The summed E-state index contributed by atoms with van der Waals surface area (Å²) in [4.78, 5) is 11.0. The third-order valence-corrected chi connectivity index (χ3v) is 3.25. The maximum absolute atomic E-state index is 11.0. The fourth-order valence-corrected chi connectivity index (χ4v) is 2.34. The van der Waals surface area contributed by atoms with Gasteiger partial charge < -0.3 is 15.2 Å². The van der Waals surface area contributed by atoms with Gasteiger partial charge in [-0.05, 0) is 32.2 Å². The molecule has 0 aromatic rings. The molecule has 0 saturated carbocycles. The van der Waals surface area contributed by atoms with Gasteiger partial charge in [0.15, 0.2) is 0 Å². The van der Waals surface area contributed by atoms with Crippen LogP contribution in [0.1, 0.15) is 46.0 Å². The predicted molar refractivity (Wildman–Crippen MR) is 62.5 cm³/mol. The van der Waals surface area contributed by atoms with E-state index in [1.54, 1.807) is 0 Å². The van der Waals surface area contributed by atoms with Crippen molar-refractivity contribution in [2.45, 2.75) is 57.6 Å². The standard InChI is InChI=1S/C12H23NO3/c1-3-6-13-12(9-11(14)15)5-7-16-10(4-2)8-12/h10,13H,3-9H2,1-2H3,(H,14,15). The maximum Gasteiger partial charge on any atom is 0.305 e. The molecule has 16 heavy (non-hydrogen) atoms. The van der Waals surface area contributed by atoms with E-state index in [0.717, 1.165) is 32.2 Å². The lowest BCUT2D eigenvalue weighted by atomic mass is 9.82. The van der Waals surface area contributed by atoms with Gasteiger partial charge in [0.2, 0.25) is 0 Å². The number of aliphatic carboxylic acids is 1. The highest BCUT2D eigenvalue weighted by Gasteiger charge is 2.37. The van der Waals surface area contributed by atoms with Gasteiger partial charge in [0, 0.05) is 12.1 Å². The highest BCUT2D eigenvalue weighted by Crippen LogP contribution is 2.29. The molecular formula is C12H23NO3. The van der Waals surface area contributed by atoms with Crippen molar-refractivity contribution in [1.29, 1.82) is 0 Å². The van der Waals surface area contributed by atoms with Gasteiger partial charge in [-0.3, -0.25) is 4.79 Å². The van der Waals surface area contributed by atoms with Crippen molar-refractivity contribution < 1.29 is 14.6 Å². The summed E-state index contributed by atoms with van der Waals surface area (Å²) in [7, 11) is 0. The largest absolute Gasteiger partial charge is 0.481 e. The molecule has 1 aliphatic rings. The predicted octanol–water partition coefficient (Wildman–Crippen LogP) is 1.79. The number of ether oxygens (including phenoxy) is 1. The van der Waals surface area contributed by atoms with Crippen LogP contribution in [0.15, 0.2) is 0 Å². The van der Waals surface area contributed by atoms with Gasteiger partial charge in [0.1, 0.15) is 0 Å². The van der Waals surface area contributed by atoms with E-state index in [9.17, 15) is 4.79 Å². The molecule has 0 bridgehead atoms. The maximum atomic E-state index is 11.0.